The molecule has 0 aromatic carbocycles. The molecule has 0 unspecified atom stereocenters. The fraction of sp³-hybridized carbons (Fsp3) is 0.667. The maximum absolute atomic E-state index is 5.14. The van der Waals surface area contributed by atoms with Crippen LogP contribution in [0.5, 0.6) is 0 Å². The van der Waals surface area contributed by atoms with Crippen LogP contribution in [0.1, 0.15) is 0 Å². The number of halogens is 4. The van der Waals surface area contributed by atoms with Crippen molar-refractivity contribution in [3.05, 3.63) is 0 Å². The SMILES string of the molecule is C[N+](C)=CCl.C[N+](C)=CCl.[Cl-].[Cl-]. The van der Waals surface area contributed by atoms with E-state index in [1.165, 1.54) is 11.3 Å². The van der Waals surface area contributed by atoms with Gasteiger partial charge in [-0.1, -0.05) is 0 Å². The number of hydrogen-bond donors (Lipinski definition) is 0. The van der Waals surface area contributed by atoms with Gasteiger partial charge in [-0.25, -0.2) is 9.15 Å². The van der Waals surface area contributed by atoms with Crippen molar-refractivity contribution in [1.82, 2.24) is 0 Å². The maximum Gasteiger partial charge on any atom is 0.232 e. The van der Waals surface area contributed by atoms with Gasteiger partial charge in [0.15, 0.2) is 0 Å². The summed E-state index contributed by atoms with van der Waals surface area (Å²) in [5, 5.41) is 0. The monoisotopic (exact) mass is 254 g/mol. The maximum atomic E-state index is 5.14. The van der Waals surface area contributed by atoms with Crippen LogP contribution in [0.15, 0.2) is 0 Å². The highest BCUT2D eigenvalue weighted by molar-refractivity contribution is 6.55. The van der Waals surface area contributed by atoms with E-state index in [4.69, 9.17) is 23.2 Å². The van der Waals surface area contributed by atoms with Crippen LogP contribution in [-0.4, -0.2) is 48.7 Å². The largest absolute Gasteiger partial charge is 1.00 e. The van der Waals surface area contributed by atoms with Gasteiger partial charge in [-0.15, -0.1) is 0 Å². The number of rotatable bonds is 0. The first-order chi connectivity index (χ1) is 4.54. The van der Waals surface area contributed by atoms with Crippen LogP contribution in [0.2, 0.25) is 0 Å². The summed E-state index contributed by atoms with van der Waals surface area (Å²) in [7, 11) is 7.47. The van der Waals surface area contributed by atoms with E-state index in [9.17, 15) is 0 Å². The van der Waals surface area contributed by atoms with Crippen molar-refractivity contribution in [1.29, 1.82) is 0 Å². The van der Waals surface area contributed by atoms with E-state index in [1.807, 2.05) is 28.2 Å². The normalized spacial score (nSPS) is 5.83. The molecule has 12 heavy (non-hydrogen) atoms. The van der Waals surface area contributed by atoms with E-state index in [2.05, 4.69) is 0 Å². The molecule has 0 radical (unpaired) electrons. The minimum atomic E-state index is 0. The van der Waals surface area contributed by atoms with Gasteiger partial charge in [-0.2, -0.15) is 0 Å². The molecule has 0 aliphatic rings. The van der Waals surface area contributed by atoms with Gasteiger partial charge in [0.2, 0.25) is 11.3 Å². The zero-order chi connectivity index (χ0) is 8.57. The van der Waals surface area contributed by atoms with Crippen molar-refractivity contribution < 1.29 is 34.0 Å². The third-order valence-electron chi connectivity index (χ3n) is 0.390. The summed E-state index contributed by atoms with van der Waals surface area (Å²) in [6, 6.07) is 0. The van der Waals surface area contributed by atoms with E-state index < -0.39 is 0 Å². The molecule has 0 rings (SSSR count). The highest BCUT2D eigenvalue weighted by Crippen LogP contribution is 1.56. The second kappa shape index (κ2) is 17.5. The summed E-state index contributed by atoms with van der Waals surface area (Å²) >= 11 is 10.3. The van der Waals surface area contributed by atoms with Gasteiger partial charge in [0.1, 0.15) is 28.2 Å². The fourth-order valence-electron chi connectivity index (χ4n) is 0. The molecule has 0 bridgehead atoms. The Bertz CT molecular complexity index is 110. The predicted molar refractivity (Wildman–Crippen MR) is 48.1 cm³/mol. The topological polar surface area (TPSA) is 6.02 Å². The van der Waals surface area contributed by atoms with Crippen LogP contribution in [0.3, 0.4) is 0 Å². The molecule has 0 fully saturated rings. The van der Waals surface area contributed by atoms with Crippen LogP contribution in [0, 0.1) is 0 Å². The molecule has 0 saturated carbocycles. The van der Waals surface area contributed by atoms with Gasteiger partial charge in [0, 0.05) is 0 Å². The van der Waals surface area contributed by atoms with Crippen molar-refractivity contribution in [2.45, 2.75) is 0 Å². The Morgan fingerprint density at radius 3 is 0.833 bits per heavy atom. The number of hydrogen-bond acceptors (Lipinski definition) is 0. The third kappa shape index (κ3) is 46.8. The summed E-state index contributed by atoms with van der Waals surface area (Å²) in [6.45, 7) is 0. The Morgan fingerprint density at radius 2 is 0.833 bits per heavy atom. The first kappa shape index (κ1) is 22.9. The molecule has 0 aliphatic carbocycles. The molecule has 0 aromatic heterocycles. The molecule has 6 heteroatoms. The van der Waals surface area contributed by atoms with E-state index in [0.717, 1.165) is 0 Å². The quantitative estimate of drug-likeness (QED) is 0.302. The molecule has 0 spiro atoms. The lowest BCUT2D eigenvalue weighted by molar-refractivity contribution is -0.457. The second-order valence-electron chi connectivity index (χ2n) is 2.12. The van der Waals surface area contributed by atoms with Gasteiger partial charge in [0.25, 0.3) is 0 Å². The van der Waals surface area contributed by atoms with E-state index in [-0.39, 0.29) is 24.8 Å². The summed E-state index contributed by atoms with van der Waals surface area (Å²) < 4.78 is 3.53. The Labute approximate surface area is 96.7 Å². The predicted octanol–water partition coefficient (Wildman–Crippen LogP) is -4.94. The van der Waals surface area contributed by atoms with Gasteiger partial charge >= 0.3 is 0 Å². The second-order valence-corrected chi connectivity index (χ2v) is 2.51. The lowest BCUT2D eigenvalue weighted by Gasteiger charge is -1.70. The van der Waals surface area contributed by atoms with E-state index >= 15 is 0 Å². The van der Waals surface area contributed by atoms with E-state index in [0.29, 0.717) is 0 Å². The van der Waals surface area contributed by atoms with Crippen molar-refractivity contribution >= 4 is 34.5 Å². The van der Waals surface area contributed by atoms with E-state index in [1.54, 1.807) is 9.15 Å². The summed E-state index contributed by atoms with van der Waals surface area (Å²) in [5.74, 6) is 0. The standard InChI is InChI=1S/2C3H7ClN.2ClH/c2*1-5(2)3-4;;/h2*3H,1-2H3;2*1H/q2*+1;;/p-2. The zero-order valence-corrected chi connectivity index (χ0v) is 10.6. The molecular formula is C6H14Cl4N2. The lowest BCUT2D eigenvalue weighted by atomic mass is 11.1. The van der Waals surface area contributed by atoms with Crippen molar-refractivity contribution in [3.63, 3.8) is 0 Å². The molecular weight excluding hydrogens is 242 g/mol. The molecule has 76 valence electrons. The molecule has 0 atom stereocenters. The molecule has 0 saturated heterocycles. The summed E-state index contributed by atoms with van der Waals surface area (Å²) in [4.78, 5) is 0. The Kier molecular flexibility index (Phi) is 33.5. The highest BCUT2D eigenvalue weighted by Gasteiger charge is 1.67. The van der Waals surface area contributed by atoms with Gasteiger partial charge in [0.05, 0.1) is 0 Å². The lowest BCUT2D eigenvalue weighted by Crippen LogP contribution is -3.00. The molecule has 0 amide bonds. The summed E-state index contributed by atoms with van der Waals surface area (Å²) in [5.41, 5.74) is 2.94. The minimum Gasteiger partial charge on any atom is -1.00 e. The van der Waals surface area contributed by atoms with Crippen LogP contribution in [-0.2, 0) is 0 Å². The number of nitrogens with zero attached hydrogens (tertiary/aromatic N) is 2. The zero-order valence-electron chi connectivity index (χ0n) is 7.56. The fourth-order valence-corrected chi connectivity index (χ4v) is 0. The third-order valence-corrected chi connectivity index (χ3v) is 1.17. The molecule has 2 nitrogen and oxygen atoms in total. The van der Waals surface area contributed by atoms with Gasteiger partial charge < -0.3 is 24.8 Å². The minimum absolute atomic E-state index is 0. The van der Waals surface area contributed by atoms with Crippen LogP contribution >= 0.6 is 23.2 Å². The Morgan fingerprint density at radius 1 is 0.750 bits per heavy atom. The van der Waals surface area contributed by atoms with Crippen LogP contribution in [0.25, 0.3) is 0 Å². The highest BCUT2D eigenvalue weighted by atomic mass is 35.5. The molecule has 0 N–H and O–H groups in total. The van der Waals surface area contributed by atoms with Gasteiger partial charge in [-0.05, 0) is 23.2 Å². The Balaban J connectivity index is -0.0000000457. The van der Waals surface area contributed by atoms with Crippen LogP contribution < -0.4 is 24.8 Å². The molecule has 0 aliphatic heterocycles. The molecule has 0 aromatic rings. The van der Waals surface area contributed by atoms with Crippen molar-refractivity contribution in [2.24, 2.45) is 0 Å². The van der Waals surface area contributed by atoms with Crippen molar-refractivity contribution in [2.75, 3.05) is 28.2 Å². The smallest absolute Gasteiger partial charge is 0.232 e. The average Bonchev–Trinajstić information content (AvgIpc) is 1.89. The summed E-state index contributed by atoms with van der Waals surface area (Å²) in [6.07, 6.45) is 0. The molecule has 0 heterocycles. The average molecular weight is 256 g/mol. The van der Waals surface area contributed by atoms with Crippen LogP contribution in [0.4, 0.5) is 0 Å². The Hall–Kier alpha value is 0.500. The first-order valence-electron chi connectivity index (χ1n) is 2.74. The van der Waals surface area contributed by atoms with Crippen molar-refractivity contribution in [3.8, 4) is 0 Å². The first-order valence-corrected chi connectivity index (χ1v) is 3.61. The van der Waals surface area contributed by atoms with Gasteiger partial charge in [-0.3, -0.25) is 0 Å².